The van der Waals surface area contributed by atoms with Crippen molar-refractivity contribution in [1.29, 1.82) is 0 Å². The fourth-order valence-electron chi connectivity index (χ4n) is 2.77. The molecule has 0 aliphatic rings. The predicted octanol–water partition coefficient (Wildman–Crippen LogP) is 3.35. The maximum Gasteiger partial charge on any atom is 0.290 e. The lowest BCUT2D eigenvalue weighted by molar-refractivity contribution is 0.0760. The van der Waals surface area contributed by atoms with Crippen molar-refractivity contribution in [2.45, 2.75) is 13.8 Å². The van der Waals surface area contributed by atoms with Gasteiger partial charge in [-0.15, -0.1) is 0 Å². The smallest absolute Gasteiger partial charge is 0.290 e. The predicted molar refractivity (Wildman–Crippen MR) is 96.8 cm³/mol. The number of carbonyl (C=O) groups excluding carboxylic acids is 2. The van der Waals surface area contributed by atoms with Crippen LogP contribution in [0.4, 0.5) is 14.5 Å². The summed E-state index contributed by atoms with van der Waals surface area (Å²) in [6, 6.07) is 8.16. The molecule has 0 radical (unpaired) electrons. The second-order valence-corrected chi connectivity index (χ2v) is 5.80. The molecule has 0 aliphatic heterocycles. The summed E-state index contributed by atoms with van der Waals surface area (Å²) in [4.78, 5) is 31.2. The summed E-state index contributed by atoms with van der Waals surface area (Å²) in [6.45, 7) is 4.72. The van der Waals surface area contributed by atoms with E-state index in [9.17, 15) is 18.4 Å². The second-order valence-electron chi connectivity index (χ2n) is 5.80. The number of aromatic nitrogens is 2. The first kappa shape index (κ1) is 18.5. The lowest BCUT2D eigenvalue weighted by atomic mass is 10.2. The Balaban J connectivity index is 2.00. The molecule has 0 spiro atoms. The van der Waals surface area contributed by atoms with Gasteiger partial charge in [-0.1, -0.05) is 6.07 Å². The minimum Gasteiger partial charge on any atom is -0.337 e. The molecule has 0 unspecified atom stereocenters. The van der Waals surface area contributed by atoms with Crippen LogP contribution in [0.15, 0.2) is 42.6 Å². The van der Waals surface area contributed by atoms with Crippen molar-refractivity contribution in [3.05, 3.63) is 65.7 Å². The van der Waals surface area contributed by atoms with Crippen molar-refractivity contribution in [3.63, 3.8) is 0 Å². The van der Waals surface area contributed by atoms with Gasteiger partial charge < -0.3 is 10.2 Å². The molecular weight excluding hydrogens is 354 g/mol. The second kappa shape index (κ2) is 7.53. The SMILES string of the molecule is CCN(CC)C(=O)c1nc(C(=O)Nc2ccc(F)c(F)c2)c2ccccn12. The topological polar surface area (TPSA) is 66.7 Å². The average molecular weight is 372 g/mol. The van der Waals surface area contributed by atoms with E-state index in [2.05, 4.69) is 10.3 Å². The molecule has 3 rings (SSSR count). The number of nitrogens with one attached hydrogen (secondary N) is 1. The quantitative estimate of drug-likeness (QED) is 0.747. The Kier molecular flexibility index (Phi) is 5.16. The van der Waals surface area contributed by atoms with Crippen LogP contribution in [0.25, 0.3) is 5.52 Å². The highest BCUT2D eigenvalue weighted by molar-refractivity contribution is 6.08. The van der Waals surface area contributed by atoms with E-state index < -0.39 is 17.5 Å². The highest BCUT2D eigenvalue weighted by Crippen LogP contribution is 2.18. The Bertz CT molecular complexity index is 1010. The fraction of sp³-hybridized carbons (Fsp3) is 0.211. The summed E-state index contributed by atoms with van der Waals surface area (Å²) in [7, 11) is 0. The molecule has 27 heavy (non-hydrogen) atoms. The third-order valence-corrected chi connectivity index (χ3v) is 4.18. The molecule has 3 aromatic rings. The van der Waals surface area contributed by atoms with Crippen LogP contribution in [0.3, 0.4) is 0 Å². The molecule has 8 heteroatoms. The number of rotatable bonds is 5. The van der Waals surface area contributed by atoms with Crippen LogP contribution in [0, 0.1) is 11.6 Å². The minimum absolute atomic E-state index is 0.0239. The van der Waals surface area contributed by atoms with Crippen LogP contribution in [-0.2, 0) is 0 Å². The lowest BCUT2D eigenvalue weighted by Crippen LogP contribution is -2.32. The zero-order chi connectivity index (χ0) is 19.6. The molecule has 0 saturated carbocycles. The zero-order valence-corrected chi connectivity index (χ0v) is 14.9. The summed E-state index contributed by atoms with van der Waals surface area (Å²) in [5.74, 6) is -2.88. The van der Waals surface area contributed by atoms with Gasteiger partial charge in [0.1, 0.15) is 0 Å². The third-order valence-electron chi connectivity index (χ3n) is 4.18. The monoisotopic (exact) mass is 372 g/mol. The van der Waals surface area contributed by atoms with Crippen molar-refractivity contribution in [2.24, 2.45) is 0 Å². The Labute approximate surface area is 154 Å². The number of amides is 2. The van der Waals surface area contributed by atoms with Crippen LogP contribution in [0.2, 0.25) is 0 Å². The van der Waals surface area contributed by atoms with Gasteiger partial charge in [-0.05, 0) is 38.1 Å². The number of halogens is 2. The van der Waals surface area contributed by atoms with Gasteiger partial charge in [0.25, 0.3) is 11.8 Å². The van der Waals surface area contributed by atoms with E-state index in [0.29, 0.717) is 18.6 Å². The van der Waals surface area contributed by atoms with Crippen molar-refractivity contribution >= 4 is 23.0 Å². The minimum atomic E-state index is -1.07. The van der Waals surface area contributed by atoms with Crippen LogP contribution in [-0.4, -0.2) is 39.2 Å². The van der Waals surface area contributed by atoms with Gasteiger partial charge in [0.15, 0.2) is 17.3 Å². The number of benzene rings is 1. The number of anilines is 1. The Morgan fingerprint density at radius 3 is 2.52 bits per heavy atom. The molecule has 0 atom stereocenters. The third kappa shape index (κ3) is 3.51. The van der Waals surface area contributed by atoms with Gasteiger partial charge in [-0.25, -0.2) is 13.8 Å². The largest absolute Gasteiger partial charge is 0.337 e. The normalized spacial score (nSPS) is 10.8. The Morgan fingerprint density at radius 1 is 1.11 bits per heavy atom. The van der Waals surface area contributed by atoms with Crippen LogP contribution < -0.4 is 5.32 Å². The molecule has 0 saturated heterocycles. The summed E-state index contributed by atoms with van der Waals surface area (Å²) in [6.07, 6.45) is 1.65. The molecule has 1 N–H and O–H groups in total. The number of fused-ring (bicyclic) bond motifs is 1. The van der Waals surface area contributed by atoms with E-state index in [0.717, 1.165) is 12.1 Å². The maximum atomic E-state index is 13.4. The van der Waals surface area contributed by atoms with Gasteiger partial charge in [-0.2, -0.15) is 0 Å². The summed E-state index contributed by atoms with van der Waals surface area (Å²) >= 11 is 0. The average Bonchev–Trinajstić information content (AvgIpc) is 3.05. The van der Waals surface area contributed by atoms with E-state index in [1.165, 1.54) is 6.07 Å². The van der Waals surface area contributed by atoms with E-state index in [4.69, 9.17) is 0 Å². The number of carbonyl (C=O) groups is 2. The van der Waals surface area contributed by atoms with Crippen molar-refractivity contribution in [1.82, 2.24) is 14.3 Å². The molecule has 0 bridgehead atoms. The van der Waals surface area contributed by atoms with E-state index in [1.807, 2.05) is 13.8 Å². The van der Waals surface area contributed by atoms with Crippen LogP contribution >= 0.6 is 0 Å². The first-order chi connectivity index (χ1) is 13.0. The Morgan fingerprint density at radius 2 is 1.85 bits per heavy atom. The standard InChI is InChI=1S/C19H18F2N4O2/c1-3-24(4-2)19(27)17-23-16(15-7-5-6-10-25(15)17)18(26)22-12-8-9-13(20)14(21)11-12/h5-11H,3-4H2,1-2H3,(H,22,26). The summed E-state index contributed by atoms with van der Waals surface area (Å²) in [5, 5.41) is 2.48. The molecule has 1 aromatic carbocycles. The van der Waals surface area contributed by atoms with Crippen molar-refractivity contribution in [2.75, 3.05) is 18.4 Å². The highest BCUT2D eigenvalue weighted by atomic mass is 19.2. The van der Waals surface area contributed by atoms with Crippen molar-refractivity contribution < 1.29 is 18.4 Å². The van der Waals surface area contributed by atoms with E-state index in [-0.39, 0.29) is 23.1 Å². The first-order valence-electron chi connectivity index (χ1n) is 8.49. The number of imidazole rings is 1. The lowest BCUT2D eigenvalue weighted by Gasteiger charge is -2.17. The summed E-state index contributed by atoms with van der Waals surface area (Å²) < 4.78 is 28.0. The molecule has 2 amide bonds. The number of nitrogens with zero attached hydrogens (tertiary/aromatic N) is 3. The first-order valence-corrected chi connectivity index (χ1v) is 8.49. The number of pyridine rings is 1. The van der Waals surface area contributed by atoms with Gasteiger partial charge >= 0.3 is 0 Å². The number of hydrogen-bond donors (Lipinski definition) is 1. The molecule has 140 valence electrons. The van der Waals surface area contributed by atoms with Gasteiger partial charge in [0.05, 0.1) is 5.52 Å². The molecule has 2 heterocycles. The summed E-state index contributed by atoms with van der Waals surface area (Å²) in [5.41, 5.74) is 0.552. The Hall–Kier alpha value is -3.29. The van der Waals surface area contributed by atoms with Crippen LogP contribution in [0.5, 0.6) is 0 Å². The molecule has 0 fully saturated rings. The molecule has 2 aromatic heterocycles. The highest BCUT2D eigenvalue weighted by Gasteiger charge is 2.24. The van der Waals surface area contributed by atoms with Gasteiger partial charge in [0, 0.05) is 31.0 Å². The molecular formula is C19H18F2N4O2. The number of hydrogen-bond acceptors (Lipinski definition) is 3. The van der Waals surface area contributed by atoms with E-state index in [1.54, 1.807) is 33.7 Å². The van der Waals surface area contributed by atoms with Crippen molar-refractivity contribution in [3.8, 4) is 0 Å². The van der Waals surface area contributed by atoms with Gasteiger partial charge in [0.2, 0.25) is 5.82 Å². The van der Waals surface area contributed by atoms with Gasteiger partial charge in [-0.3, -0.25) is 14.0 Å². The van der Waals surface area contributed by atoms with E-state index >= 15 is 0 Å². The molecule has 0 aliphatic carbocycles. The molecule has 6 nitrogen and oxygen atoms in total. The van der Waals surface area contributed by atoms with Crippen LogP contribution in [0.1, 0.15) is 35.0 Å². The fourth-order valence-corrected chi connectivity index (χ4v) is 2.77. The zero-order valence-electron chi connectivity index (χ0n) is 14.9. The maximum absolute atomic E-state index is 13.4.